The molecule has 192 valence electrons. The number of amides is 1. The lowest BCUT2D eigenvalue weighted by molar-refractivity contribution is 0.0685. The van der Waals surface area contributed by atoms with Crippen molar-refractivity contribution in [3.63, 3.8) is 0 Å². The van der Waals surface area contributed by atoms with Crippen LogP contribution in [-0.4, -0.2) is 58.8 Å². The molecule has 0 spiro atoms. The number of aromatic nitrogens is 5. The van der Waals surface area contributed by atoms with Crippen LogP contribution in [0.4, 0.5) is 4.39 Å². The Labute approximate surface area is 217 Å². The van der Waals surface area contributed by atoms with E-state index in [2.05, 4.69) is 22.1 Å². The summed E-state index contributed by atoms with van der Waals surface area (Å²) in [5.41, 5.74) is 2.37. The predicted molar refractivity (Wildman–Crippen MR) is 136 cm³/mol. The molecule has 1 fully saturated rings. The van der Waals surface area contributed by atoms with E-state index in [4.69, 9.17) is 11.6 Å². The van der Waals surface area contributed by atoms with E-state index >= 15 is 4.39 Å². The summed E-state index contributed by atoms with van der Waals surface area (Å²) < 4.78 is 18.1. The maximum Gasteiger partial charge on any atom is 0.340 e. The van der Waals surface area contributed by atoms with E-state index in [1.165, 1.54) is 16.9 Å². The summed E-state index contributed by atoms with van der Waals surface area (Å²) in [4.78, 5) is 31.1. The number of carboxylic acid groups (broad SMARTS) is 1. The number of nitrogens with zero attached hydrogens (tertiary/aromatic N) is 6. The molecular weight excluding hydrogens is 499 g/mol. The fourth-order valence-corrected chi connectivity index (χ4v) is 4.95. The maximum absolute atomic E-state index is 15.2. The van der Waals surface area contributed by atoms with Crippen molar-refractivity contribution in [3.8, 4) is 16.9 Å². The van der Waals surface area contributed by atoms with Gasteiger partial charge in [0.15, 0.2) is 10.8 Å². The SMILES string of the molecule is CCc1cc(C(=O)N2CCCCC[C@H]2C)nc2cc(-c3ccc(-n4cc(C(=O)O)c(Cl)n4)cc3F)nn12. The van der Waals surface area contributed by atoms with Gasteiger partial charge in [-0.2, -0.15) is 10.2 Å². The van der Waals surface area contributed by atoms with Gasteiger partial charge in [-0.05, 0) is 44.4 Å². The summed E-state index contributed by atoms with van der Waals surface area (Å²) in [5.74, 6) is -1.89. The van der Waals surface area contributed by atoms with Crippen LogP contribution in [0.5, 0.6) is 0 Å². The number of halogens is 2. The first-order valence-corrected chi connectivity index (χ1v) is 12.6. The van der Waals surface area contributed by atoms with Crippen molar-refractivity contribution in [1.82, 2.24) is 29.3 Å². The van der Waals surface area contributed by atoms with Crippen molar-refractivity contribution in [2.75, 3.05) is 6.54 Å². The van der Waals surface area contributed by atoms with Crippen LogP contribution in [-0.2, 0) is 6.42 Å². The third-order valence-electron chi connectivity index (χ3n) is 6.79. The van der Waals surface area contributed by atoms with Gasteiger partial charge < -0.3 is 10.0 Å². The molecule has 0 saturated carbocycles. The Kier molecular flexibility index (Phi) is 6.68. The van der Waals surface area contributed by atoms with E-state index in [-0.39, 0.29) is 28.2 Å². The van der Waals surface area contributed by atoms with Gasteiger partial charge >= 0.3 is 5.97 Å². The minimum atomic E-state index is -1.22. The molecule has 11 heteroatoms. The molecule has 1 N–H and O–H groups in total. The third kappa shape index (κ3) is 4.69. The van der Waals surface area contributed by atoms with E-state index in [1.807, 2.05) is 11.8 Å². The van der Waals surface area contributed by atoms with Gasteiger partial charge in [0.25, 0.3) is 5.91 Å². The Morgan fingerprint density at radius 2 is 1.97 bits per heavy atom. The zero-order valence-corrected chi connectivity index (χ0v) is 21.2. The number of benzene rings is 1. The van der Waals surface area contributed by atoms with Gasteiger partial charge in [-0.25, -0.2) is 23.4 Å². The molecule has 1 aliphatic heterocycles. The third-order valence-corrected chi connectivity index (χ3v) is 7.07. The number of carbonyl (C=O) groups is 2. The second-order valence-corrected chi connectivity index (χ2v) is 9.59. The average Bonchev–Trinajstić information content (AvgIpc) is 3.41. The number of aromatic carboxylic acids is 1. The van der Waals surface area contributed by atoms with Crippen LogP contribution in [0.1, 0.15) is 66.1 Å². The van der Waals surface area contributed by atoms with Crippen molar-refractivity contribution in [1.29, 1.82) is 0 Å². The number of hydrogen-bond acceptors (Lipinski definition) is 5. The molecule has 1 aliphatic rings. The molecule has 5 rings (SSSR count). The number of aryl methyl sites for hydroxylation is 1. The molecule has 0 aliphatic carbocycles. The Bertz CT molecular complexity index is 1510. The van der Waals surface area contributed by atoms with Crippen molar-refractivity contribution < 1.29 is 19.1 Å². The molecule has 3 aromatic heterocycles. The fourth-order valence-electron chi connectivity index (χ4n) is 4.74. The van der Waals surface area contributed by atoms with E-state index in [9.17, 15) is 14.7 Å². The number of hydrogen-bond donors (Lipinski definition) is 1. The van der Waals surface area contributed by atoms with Gasteiger partial charge in [0.2, 0.25) is 0 Å². The lowest BCUT2D eigenvalue weighted by Crippen LogP contribution is -2.38. The van der Waals surface area contributed by atoms with E-state index < -0.39 is 11.8 Å². The zero-order valence-electron chi connectivity index (χ0n) is 20.5. The summed E-state index contributed by atoms with van der Waals surface area (Å²) in [7, 11) is 0. The van der Waals surface area contributed by atoms with Crippen LogP contribution in [0.2, 0.25) is 5.15 Å². The highest BCUT2D eigenvalue weighted by Crippen LogP contribution is 2.27. The summed E-state index contributed by atoms with van der Waals surface area (Å²) in [6.45, 7) is 4.76. The van der Waals surface area contributed by atoms with E-state index in [1.54, 1.807) is 28.8 Å². The van der Waals surface area contributed by atoms with Crippen LogP contribution in [0, 0.1) is 5.82 Å². The van der Waals surface area contributed by atoms with Gasteiger partial charge in [-0.1, -0.05) is 31.4 Å². The Morgan fingerprint density at radius 3 is 2.68 bits per heavy atom. The Balaban J connectivity index is 1.50. The number of rotatable bonds is 5. The molecule has 4 aromatic rings. The fraction of sp³-hybridized carbons (Fsp3) is 0.346. The summed E-state index contributed by atoms with van der Waals surface area (Å²) in [6.07, 6.45) is 6.03. The molecule has 1 amide bonds. The second kappa shape index (κ2) is 9.93. The molecule has 9 nitrogen and oxygen atoms in total. The van der Waals surface area contributed by atoms with Gasteiger partial charge in [0.1, 0.15) is 17.1 Å². The molecule has 1 saturated heterocycles. The quantitative estimate of drug-likeness (QED) is 0.392. The topological polar surface area (TPSA) is 106 Å². The number of likely N-dealkylation sites (tertiary alicyclic amines) is 1. The van der Waals surface area contributed by atoms with Crippen LogP contribution < -0.4 is 0 Å². The van der Waals surface area contributed by atoms with Crippen molar-refractivity contribution >= 4 is 29.1 Å². The minimum Gasteiger partial charge on any atom is -0.478 e. The van der Waals surface area contributed by atoms with Gasteiger partial charge in [-0.15, -0.1) is 0 Å². The summed E-state index contributed by atoms with van der Waals surface area (Å²) >= 11 is 5.88. The molecule has 4 heterocycles. The molecular formula is C26H26ClFN6O3. The molecule has 0 unspecified atom stereocenters. The van der Waals surface area contributed by atoms with E-state index in [0.717, 1.165) is 31.4 Å². The van der Waals surface area contributed by atoms with Crippen molar-refractivity contribution in [3.05, 3.63) is 64.5 Å². The molecule has 1 aromatic carbocycles. The number of carbonyl (C=O) groups excluding carboxylic acids is 1. The lowest BCUT2D eigenvalue weighted by atomic mass is 10.1. The largest absolute Gasteiger partial charge is 0.478 e. The first-order valence-electron chi connectivity index (χ1n) is 12.3. The molecule has 0 bridgehead atoms. The highest BCUT2D eigenvalue weighted by atomic mass is 35.5. The number of carboxylic acids is 1. The zero-order chi connectivity index (χ0) is 26.3. The number of fused-ring (bicyclic) bond motifs is 1. The normalized spacial score (nSPS) is 16.2. The average molecular weight is 525 g/mol. The summed E-state index contributed by atoms with van der Waals surface area (Å²) in [5, 5.41) is 17.5. The summed E-state index contributed by atoms with van der Waals surface area (Å²) in [6, 6.07) is 7.96. The van der Waals surface area contributed by atoms with E-state index in [0.29, 0.717) is 35.7 Å². The first kappa shape index (κ1) is 24.9. The standard InChI is InChI=1S/C26H26ClFN6O3/c1-3-16-12-22(25(35)32-10-6-4-5-7-15(32)2)29-23-13-21(30-34(16)23)18-9-8-17(11-20(18)28)33-14-19(26(36)37)24(27)31-33/h8-9,11-15H,3-7,10H2,1-2H3,(H,36,37)/t15-/m1/s1. The van der Waals surface area contributed by atoms with Crippen molar-refractivity contribution in [2.45, 2.75) is 52.0 Å². The van der Waals surface area contributed by atoms with Crippen molar-refractivity contribution in [2.24, 2.45) is 0 Å². The van der Waals surface area contributed by atoms with Crippen LogP contribution in [0.15, 0.2) is 36.5 Å². The Hall–Kier alpha value is -3.79. The van der Waals surface area contributed by atoms with Crippen LogP contribution >= 0.6 is 11.6 Å². The van der Waals surface area contributed by atoms with Crippen LogP contribution in [0.3, 0.4) is 0 Å². The molecule has 37 heavy (non-hydrogen) atoms. The monoisotopic (exact) mass is 524 g/mol. The van der Waals surface area contributed by atoms with Gasteiger partial charge in [0.05, 0.1) is 11.4 Å². The van der Waals surface area contributed by atoms with Gasteiger partial charge in [-0.3, -0.25) is 4.79 Å². The predicted octanol–water partition coefficient (Wildman–Crippen LogP) is 5.04. The second-order valence-electron chi connectivity index (χ2n) is 9.23. The van der Waals surface area contributed by atoms with Gasteiger partial charge in [0, 0.05) is 42.2 Å². The highest BCUT2D eigenvalue weighted by Gasteiger charge is 2.25. The minimum absolute atomic E-state index is 0.0940. The highest BCUT2D eigenvalue weighted by molar-refractivity contribution is 6.32. The molecule has 0 radical (unpaired) electrons. The van der Waals surface area contributed by atoms with Crippen LogP contribution in [0.25, 0.3) is 22.6 Å². The maximum atomic E-state index is 15.2. The molecule has 1 atom stereocenters. The lowest BCUT2D eigenvalue weighted by Gasteiger charge is -2.27. The first-order chi connectivity index (χ1) is 17.8. The smallest absolute Gasteiger partial charge is 0.340 e. The Morgan fingerprint density at radius 1 is 1.16 bits per heavy atom.